The number of nitrogens with zero attached hydrogens (tertiary/aromatic N) is 2. The predicted molar refractivity (Wildman–Crippen MR) is 274 cm³/mol. The molecule has 12 rings (SSSR count). The highest BCUT2D eigenvalue weighted by molar-refractivity contribution is 7.26. The molecule has 0 spiro atoms. The van der Waals surface area contributed by atoms with Gasteiger partial charge in [-0.05, 0) is 164 Å². The summed E-state index contributed by atoms with van der Waals surface area (Å²) in [6, 6.07) is 49.7. The van der Waals surface area contributed by atoms with Crippen LogP contribution < -0.4 is 26.2 Å². The highest BCUT2D eigenvalue weighted by atomic mass is 32.1. The molecule has 0 radical (unpaired) electrons. The molecule has 0 atom stereocenters. The summed E-state index contributed by atoms with van der Waals surface area (Å²) >= 11 is 1.90. The van der Waals surface area contributed by atoms with E-state index in [0.29, 0.717) is 0 Å². The van der Waals surface area contributed by atoms with E-state index in [1.807, 2.05) is 11.3 Å². The number of rotatable bonds is 3. The molecule has 0 N–H and O–H groups in total. The minimum atomic E-state index is 0.0355. The van der Waals surface area contributed by atoms with Gasteiger partial charge in [-0.1, -0.05) is 134 Å². The lowest BCUT2D eigenvalue weighted by molar-refractivity contribution is 0.332. The molecule has 2 aliphatic heterocycles. The monoisotopic (exact) mass is 836 g/mol. The quantitative estimate of drug-likeness (QED) is 0.164. The Morgan fingerprint density at radius 2 is 1.05 bits per heavy atom. The molecule has 8 aromatic rings. The van der Waals surface area contributed by atoms with Crippen LogP contribution in [0.3, 0.4) is 0 Å². The zero-order chi connectivity index (χ0) is 43.5. The molecule has 1 aromatic heterocycles. The third kappa shape index (κ3) is 5.56. The maximum atomic E-state index is 2.72. The van der Waals surface area contributed by atoms with Crippen LogP contribution >= 0.6 is 11.3 Å². The predicted octanol–water partition coefficient (Wildman–Crippen LogP) is 14.7. The zero-order valence-corrected chi connectivity index (χ0v) is 39.4. The molecular weight excluding hydrogens is 780 g/mol. The van der Waals surface area contributed by atoms with Crippen molar-refractivity contribution in [2.75, 3.05) is 9.80 Å². The summed E-state index contributed by atoms with van der Waals surface area (Å²) in [6.07, 6.45) is 3.51. The van der Waals surface area contributed by atoms with Gasteiger partial charge in [0.05, 0.1) is 5.69 Å². The van der Waals surface area contributed by atoms with Crippen molar-refractivity contribution in [1.82, 2.24) is 0 Å². The van der Waals surface area contributed by atoms with E-state index in [4.69, 9.17) is 0 Å². The van der Waals surface area contributed by atoms with Crippen LogP contribution in [0.2, 0.25) is 0 Å². The van der Waals surface area contributed by atoms with E-state index in [9.17, 15) is 0 Å². The van der Waals surface area contributed by atoms with Gasteiger partial charge in [0.2, 0.25) is 0 Å². The van der Waals surface area contributed by atoms with E-state index < -0.39 is 0 Å². The maximum Gasteiger partial charge on any atom is 0.252 e. The first-order valence-electron chi connectivity index (χ1n) is 23.2. The van der Waals surface area contributed by atoms with Crippen LogP contribution in [0.5, 0.6) is 0 Å². The average molecular weight is 837 g/mol. The Bertz CT molecular complexity index is 3260. The standard InChI is InChI=1S/C59H57BN2S/c1-35-27-50-55-51(28-35)62(48-32-42-40(29-36(48)2)56(3,4)25-26-57(42,5)6)49-33-43-41(58(7,8)34-59(43,9)10)31-45(49)60(55)44-30-38(37-17-12-11-13-18-37)23-24-46(44)61(50)47-20-16-22-53-54(47)39-19-14-15-21-52(39)63-53/h11-24,27-33H,25-26,34H2,1-10H3. The summed E-state index contributed by atoms with van der Waals surface area (Å²) in [5.74, 6) is 0. The molecule has 4 heteroatoms. The van der Waals surface area contributed by atoms with Gasteiger partial charge in [0.25, 0.3) is 6.71 Å². The van der Waals surface area contributed by atoms with Crippen LogP contribution in [0, 0.1) is 13.8 Å². The molecule has 2 nitrogen and oxygen atoms in total. The second-order valence-corrected chi connectivity index (χ2v) is 23.1. The van der Waals surface area contributed by atoms with Crippen molar-refractivity contribution >= 4 is 88.7 Å². The Morgan fingerprint density at radius 3 is 1.78 bits per heavy atom. The van der Waals surface area contributed by atoms with Gasteiger partial charge in [-0.25, -0.2) is 0 Å². The number of hydrogen-bond donors (Lipinski definition) is 0. The topological polar surface area (TPSA) is 6.48 Å². The van der Waals surface area contributed by atoms with Crippen molar-refractivity contribution < 1.29 is 0 Å². The van der Waals surface area contributed by atoms with Crippen molar-refractivity contribution in [3.63, 3.8) is 0 Å². The first-order valence-corrected chi connectivity index (χ1v) is 24.0. The van der Waals surface area contributed by atoms with E-state index >= 15 is 0 Å². The molecule has 2 aliphatic carbocycles. The SMILES string of the molecule is Cc1cc2c3c(c1)N(c1cccc4sc5ccccc5c14)c1ccc(-c4ccccc4)cc1B3c1cc3c(cc1N2c1cc2c(cc1C)C(C)(C)CCC2(C)C)C(C)(C)CC3(C)C. The molecule has 4 aliphatic rings. The fraction of sp³-hybridized carbons (Fsp3) is 0.288. The van der Waals surface area contributed by atoms with Crippen LogP contribution in [0.25, 0.3) is 31.3 Å². The molecule has 63 heavy (non-hydrogen) atoms. The summed E-state index contributed by atoms with van der Waals surface area (Å²) in [6.45, 7) is 24.5. The lowest BCUT2D eigenvalue weighted by Crippen LogP contribution is -2.61. The zero-order valence-electron chi connectivity index (χ0n) is 38.6. The van der Waals surface area contributed by atoms with Crippen LogP contribution in [-0.4, -0.2) is 6.71 Å². The number of fused-ring (bicyclic) bond motifs is 9. The first-order chi connectivity index (χ1) is 30.0. The van der Waals surface area contributed by atoms with Crippen LogP contribution in [0.15, 0.2) is 127 Å². The Labute approximate surface area is 378 Å². The lowest BCUT2D eigenvalue weighted by Gasteiger charge is -2.46. The lowest BCUT2D eigenvalue weighted by atomic mass is 9.33. The number of benzene rings is 7. The molecule has 0 unspecified atom stereocenters. The average Bonchev–Trinajstić information content (AvgIpc) is 3.72. The van der Waals surface area contributed by atoms with E-state index in [1.165, 1.54) is 128 Å². The molecule has 0 saturated carbocycles. The molecule has 3 heterocycles. The fourth-order valence-electron chi connectivity index (χ4n) is 12.8. The van der Waals surface area contributed by atoms with Gasteiger partial charge in [0, 0.05) is 48.6 Å². The van der Waals surface area contributed by atoms with Crippen molar-refractivity contribution in [3.05, 3.63) is 161 Å². The fourth-order valence-corrected chi connectivity index (χ4v) is 13.9. The maximum absolute atomic E-state index is 2.72. The molecule has 0 saturated heterocycles. The van der Waals surface area contributed by atoms with Gasteiger partial charge in [0.1, 0.15) is 0 Å². The second kappa shape index (κ2) is 13.0. The summed E-state index contributed by atoms with van der Waals surface area (Å²) in [5, 5.41) is 2.65. The van der Waals surface area contributed by atoms with Crippen LogP contribution in [0.1, 0.15) is 108 Å². The van der Waals surface area contributed by atoms with Crippen molar-refractivity contribution in [2.45, 2.75) is 110 Å². The molecule has 0 amide bonds. The number of aryl methyl sites for hydroxylation is 2. The van der Waals surface area contributed by atoms with Crippen molar-refractivity contribution in [1.29, 1.82) is 0 Å². The molecule has 312 valence electrons. The highest BCUT2D eigenvalue weighted by Gasteiger charge is 2.49. The Kier molecular flexibility index (Phi) is 8.06. The normalized spacial score (nSPS) is 18.2. The second-order valence-electron chi connectivity index (χ2n) is 22.1. The molecule has 0 bridgehead atoms. The van der Waals surface area contributed by atoms with E-state index in [-0.39, 0.29) is 28.4 Å². The summed E-state index contributed by atoms with van der Waals surface area (Å²) < 4.78 is 2.65. The van der Waals surface area contributed by atoms with Crippen molar-refractivity contribution in [2.24, 2.45) is 0 Å². The van der Waals surface area contributed by atoms with Crippen LogP contribution in [0.4, 0.5) is 34.1 Å². The van der Waals surface area contributed by atoms with Gasteiger partial charge in [-0.15, -0.1) is 11.3 Å². The molecule has 7 aromatic carbocycles. The summed E-state index contributed by atoms with van der Waals surface area (Å²) in [7, 11) is 0. The van der Waals surface area contributed by atoms with E-state index in [0.717, 1.165) is 6.42 Å². The number of thiophene rings is 1. The number of anilines is 6. The Balaban J connectivity index is 1.22. The van der Waals surface area contributed by atoms with Gasteiger partial charge in [-0.2, -0.15) is 0 Å². The van der Waals surface area contributed by atoms with Crippen molar-refractivity contribution in [3.8, 4) is 11.1 Å². The first kappa shape index (κ1) is 39.0. The highest BCUT2D eigenvalue weighted by Crippen LogP contribution is 2.55. The molecular formula is C59H57BN2S. The smallest absolute Gasteiger partial charge is 0.252 e. The van der Waals surface area contributed by atoms with E-state index in [1.54, 1.807) is 0 Å². The van der Waals surface area contributed by atoms with Gasteiger partial charge in [-0.3, -0.25) is 0 Å². The summed E-state index contributed by atoms with van der Waals surface area (Å²) in [4.78, 5) is 5.36. The largest absolute Gasteiger partial charge is 0.311 e. The summed E-state index contributed by atoms with van der Waals surface area (Å²) in [5.41, 5.74) is 23.4. The Hall–Kier alpha value is -5.58. The van der Waals surface area contributed by atoms with Gasteiger partial charge >= 0.3 is 0 Å². The van der Waals surface area contributed by atoms with Crippen LogP contribution in [-0.2, 0) is 21.7 Å². The Morgan fingerprint density at radius 1 is 0.460 bits per heavy atom. The third-order valence-electron chi connectivity index (χ3n) is 15.8. The van der Waals surface area contributed by atoms with E-state index in [2.05, 4.69) is 206 Å². The number of hydrogen-bond acceptors (Lipinski definition) is 3. The van der Waals surface area contributed by atoms with Gasteiger partial charge < -0.3 is 9.80 Å². The third-order valence-corrected chi connectivity index (χ3v) is 17.0. The van der Waals surface area contributed by atoms with Gasteiger partial charge in [0.15, 0.2) is 0 Å². The minimum Gasteiger partial charge on any atom is -0.311 e. The minimum absolute atomic E-state index is 0.0355. The molecule has 0 fully saturated rings.